The van der Waals surface area contributed by atoms with Crippen LogP contribution in [0, 0.1) is 0 Å². The third-order valence-corrected chi connectivity index (χ3v) is 4.83. The molecule has 0 saturated heterocycles. The number of alkyl halides is 6. The first-order chi connectivity index (χ1) is 18.2. The Hall–Kier alpha value is -3.87. The molecule has 0 fully saturated rings. The number of aldehydes is 1. The van der Waals surface area contributed by atoms with Gasteiger partial charge in [-0.15, -0.1) is 13.2 Å². The molecule has 0 heterocycles. The van der Waals surface area contributed by atoms with Crippen LogP contribution in [0.5, 0.6) is 5.75 Å². The minimum Gasteiger partial charge on any atom is -0.478 e. The zero-order chi connectivity index (χ0) is 30.2. The number of halogens is 6. The summed E-state index contributed by atoms with van der Waals surface area (Å²) in [7, 11) is 3.02. The Balaban J connectivity index is 0.000000808. The van der Waals surface area contributed by atoms with E-state index in [4.69, 9.17) is 9.84 Å². The molecule has 0 spiro atoms. The van der Waals surface area contributed by atoms with Gasteiger partial charge in [0.2, 0.25) is 0 Å². The zero-order valence-electron chi connectivity index (χ0n) is 21.6. The molecule has 1 atom stereocenters. The van der Waals surface area contributed by atoms with E-state index >= 15 is 0 Å². The number of benzene rings is 2. The maximum Gasteiger partial charge on any atom is 0.431 e. The summed E-state index contributed by atoms with van der Waals surface area (Å²) >= 11 is 0. The van der Waals surface area contributed by atoms with Gasteiger partial charge in [0.25, 0.3) is 0 Å². The lowest BCUT2D eigenvalue weighted by Gasteiger charge is -2.18. The van der Waals surface area contributed by atoms with Crippen LogP contribution in [0.2, 0.25) is 0 Å². The molecular weight excluding hydrogens is 532 g/mol. The molecule has 1 unspecified atom stereocenters. The maximum atomic E-state index is 13.2. The highest BCUT2D eigenvalue weighted by molar-refractivity contribution is 5.97. The van der Waals surface area contributed by atoms with E-state index in [1.54, 1.807) is 12.1 Å². The Morgan fingerprint density at radius 1 is 1.15 bits per heavy atom. The first kappa shape index (κ1) is 35.1. The quantitative estimate of drug-likeness (QED) is 0.0872. The third-order valence-electron chi connectivity index (χ3n) is 4.83. The van der Waals surface area contributed by atoms with Crippen LogP contribution in [0.25, 0.3) is 0 Å². The monoisotopic (exact) mass is 563 g/mol. The van der Waals surface area contributed by atoms with Crippen molar-refractivity contribution in [2.75, 3.05) is 27.5 Å². The summed E-state index contributed by atoms with van der Waals surface area (Å²) in [5.74, 6) is -4.66. The Morgan fingerprint density at radius 2 is 1.74 bits per heavy atom. The Bertz CT molecular complexity index is 1060. The molecule has 2 rings (SSSR count). The molecule has 0 aliphatic rings. The summed E-state index contributed by atoms with van der Waals surface area (Å²) in [6, 6.07) is 11.5. The number of nitrogens with zero attached hydrogens (tertiary/aromatic N) is 2. The predicted molar refractivity (Wildman–Crippen MR) is 136 cm³/mol. The normalized spacial score (nSPS) is 12.2. The number of rotatable bonds is 11. The van der Waals surface area contributed by atoms with Gasteiger partial charge in [-0.25, -0.2) is 9.18 Å². The van der Waals surface area contributed by atoms with Crippen LogP contribution < -0.4 is 10.1 Å². The standard InChI is InChI=1S/C14H14F6N2O2.C10H13NO2.C2H4/c1-22(21-12(5-6-23)14(18,19)20)9-24-11-4-2-3-10(7-11)13(16,17)8-15;1-7(11-2)8-3-5-9(6-4-8)10(12)13;1-2/h2-4,6-7H,5,8-9H2,1H3;3-7,11H,1-2H3,(H,12,13);1-2H2/b21-12+;;. The molecular formula is C26H31F6N3O4. The van der Waals surface area contributed by atoms with Crippen molar-refractivity contribution >= 4 is 18.0 Å². The number of carbonyl (C=O) groups excluding carboxylic acids is 1. The van der Waals surface area contributed by atoms with Crippen LogP contribution in [0.3, 0.4) is 0 Å². The van der Waals surface area contributed by atoms with Crippen LogP contribution in [0.4, 0.5) is 26.3 Å². The van der Waals surface area contributed by atoms with Crippen molar-refractivity contribution < 1.29 is 45.8 Å². The lowest BCUT2D eigenvalue weighted by molar-refractivity contribution is -0.108. The third kappa shape index (κ3) is 12.5. The van der Waals surface area contributed by atoms with E-state index in [0.717, 1.165) is 29.8 Å². The number of carboxylic acids is 1. The molecule has 2 N–H and O–H groups in total. The van der Waals surface area contributed by atoms with Crippen LogP contribution >= 0.6 is 0 Å². The van der Waals surface area contributed by atoms with Gasteiger partial charge in [-0.05, 0) is 43.8 Å². The van der Waals surface area contributed by atoms with Crippen molar-refractivity contribution in [3.05, 3.63) is 78.4 Å². The van der Waals surface area contributed by atoms with Gasteiger partial charge < -0.3 is 20.0 Å². The van der Waals surface area contributed by atoms with E-state index in [1.165, 1.54) is 12.1 Å². The van der Waals surface area contributed by atoms with Crippen LogP contribution in [-0.4, -0.2) is 61.8 Å². The second-order valence-electron chi connectivity index (χ2n) is 7.65. The van der Waals surface area contributed by atoms with Crippen LogP contribution in [0.1, 0.15) is 40.9 Å². The largest absolute Gasteiger partial charge is 0.478 e. The van der Waals surface area contributed by atoms with E-state index in [9.17, 15) is 35.9 Å². The number of carboxylic acid groups (broad SMARTS) is 1. The van der Waals surface area contributed by atoms with E-state index in [0.29, 0.717) is 5.56 Å². The molecule has 0 radical (unpaired) electrons. The van der Waals surface area contributed by atoms with Gasteiger partial charge in [-0.3, -0.25) is 5.01 Å². The van der Waals surface area contributed by atoms with Gasteiger partial charge in [0.15, 0.2) is 13.4 Å². The summed E-state index contributed by atoms with van der Waals surface area (Å²) in [6.07, 6.45) is -5.64. The Kier molecular flexibility index (Phi) is 15.2. The maximum absolute atomic E-state index is 13.2. The lowest BCUT2D eigenvalue weighted by atomic mass is 10.1. The number of nitrogens with one attached hydrogen (secondary N) is 1. The second kappa shape index (κ2) is 16.9. The molecule has 0 bridgehead atoms. The fourth-order valence-electron chi connectivity index (χ4n) is 2.67. The fraction of sp³-hybridized carbons (Fsp3) is 0.346. The number of hydrogen-bond donors (Lipinski definition) is 2. The van der Waals surface area contributed by atoms with Gasteiger partial charge >= 0.3 is 18.1 Å². The van der Waals surface area contributed by atoms with Crippen molar-refractivity contribution in [2.24, 2.45) is 5.10 Å². The summed E-state index contributed by atoms with van der Waals surface area (Å²) in [6.45, 7) is 5.64. The number of aromatic carboxylic acids is 1. The van der Waals surface area contributed by atoms with Crippen LogP contribution in [-0.2, 0) is 10.7 Å². The van der Waals surface area contributed by atoms with E-state index < -0.39 is 49.2 Å². The molecule has 0 aliphatic heterocycles. The van der Waals surface area contributed by atoms with Crippen molar-refractivity contribution in [1.29, 1.82) is 0 Å². The SMILES string of the molecule is C=C.CN(COc1cccc(C(F)(F)CF)c1)/N=C(\CC=O)C(F)(F)F.CNC(C)c1ccc(C(=O)O)cc1. The first-order valence-corrected chi connectivity index (χ1v) is 11.2. The number of hydrazone groups is 1. The molecule has 0 saturated carbocycles. The molecule has 216 valence electrons. The zero-order valence-corrected chi connectivity index (χ0v) is 21.6. The van der Waals surface area contributed by atoms with Crippen molar-refractivity contribution in [1.82, 2.24) is 10.3 Å². The molecule has 2 aromatic rings. The molecule has 0 aromatic heterocycles. The van der Waals surface area contributed by atoms with Gasteiger partial charge in [-0.2, -0.15) is 27.1 Å². The van der Waals surface area contributed by atoms with Gasteiger partial charge in [0.05, 0.1) is 12.0 Å². The number of hydrogen-bond acceptors (Lipinski definition) is 6. The van der Waals surface area contributed by atoms with Gasteiger partial charge in [0, 0.05) is 18.7 Å². The van der Waals surface area contributed by atoms with E-state index in [1.807, 2.05) is 26.1 Å². The minimum atomic E-state index is -4.78. The predicted octanol–water partition coefficient (Wildman–Crippen LogP) is 5.99. The average molecular weight is 564 g/mol. The lowest BCUT2D eigenvalue weighted by Crippen LogP contribution is -2.28. The molecule has 13 heteroatoms. The summed E-state index contributed by atoms with van der Waals surface area (Å²) in [4.78, 5) is 20.8. The summed E-state index contributed by atoms with van der Waals surface area (Å²) < 4.78 is 81.5. The smallest absolute Gasteiger partial charge is 0.431 e. The topological polar surface area (TPSA) is 91.2 Å². The van der Waals surface area contributed by atoms with E-state index in [-0.39, 0.29) is 18.1 Å². The first-order valence-electron chi connectivity index (χ1n) is 11.2. The molecule has 0 amide bonds. The second-order valence-corrected chi connectivity index (χ2v) is 7.65. The highest BCUT2D eigenvalue weighted by Crippen LogP contribution is 2.30. The Labute approximate surface area is 222 Å². The van der Waals surface area contributed by atoms with Crippen molar-refractivity contribution in [2.45, 2.75) is 31.5 Å². The van der Waals surface area contributed by atoms with Gasteiger partial charge in [-0.1, -0.05) is 24.3 Å². The number of carbonyl (C=O) groups is 2. The fourth-order valence-corrected chi connectivity index (χ4v) is 2.67. The average Bonchev–Trinajstić information content (AvgIpc) is 2.92. The Morgan fingerprint density at radius 3 is 2.21 bits per heavy atom. The van der Waals surface area contributed by atoms with Gasteiger partial charge in [0.1, 0.15) is 17.7 Å². The molecule has 39 heavy (non-hydrogen) atoms. The summed E-state index contributed by atoms with van der Waals surface area (Å²) in [5, 5.41) is 15.7. The molecule has 0 aliphatic carbocycles. The number of ether oxygens (including phenoxy) is 1. The molecule has 7 nitrogen and oxygen atoms in total. The molecule has 2 aromatic carbocycles. The summed E-state index contributed by atoms with van der Waals surface area (Å²) in [5.41, 5.74) is -0.522. The van der Waals surface area contributed by atoms with Crippen molar-refractivity contribution in [3.63, 3.8) is 0 Å². The van der Waals surface area contributed by atoms with E-state index in [2.05, 4.69) is 23.6 Å². The van der Waals surface area contributed by atoms with Crippen LogP contribution in [0.15, 0.2) is 66.8 Å². The van der Waals surface area contributed by atoms with Crippen molar-refractivity contribution in [3.8, 4) is 5.75 Å². The highest BCUT2D eigenvalue weighted by atomic mass is 19.4. The minimum absolute atomic E-state index is 0.0591. The highest BCUT2D eigenvalue weighted by Gasteiger charge is 2.36.